The van der Waals surface area contributed by atoms with E-state index >= 15 is 0 Å². The SMILES string of the molecule is NC(=O)C1CCC(Nc2ncc([N+](=O)[O-])s2)CC1. The number of hydrogen-bond donors (Lipinski definition) is 2. The van der Waals surface area contributed by atoms with E-state index in [-0.39, 0.29) is 22.9 Å². The fraction of sp³-hybridized carbons (Fsp3) is 0.600. The molecule has 0 saturated heterocycles. The average molecular weight is 270 g/mol. The lowest BCUT2D eigenvalue weighted by atomic mass is 9.86. The lowest BCUT2D eigenvalue weighted by Gasteiger charge is -2.26. The van der Waals surface area contributed by atoms with Crippen molar-refractivity contribution in [1.82, 2.24) is 4.98 Å². The van der Waals surface area contributed by atoms with Crippen molar-refractivity contribution >= 4 is 27.4 Å². The number of thiazole rings is 1. The van der Waals surface area contributed by atoms with Crippen LogP contribution in [0.2, 0.25) is 0 Å². The van der Waals surface area contributed by atoms with Crippen LogP contribution < -0.4 is 11.1 Å². The number of hydrogen-bond acceptors (Lipinski definition) is 6. The van der Waals surface area contributed by atoms with Gasteiger partial charge in [0.15, 0.2) is 5.13 Å². The van der Waals surface area contributed by atoms with Crippen molar-refractivity contribution in [3.8, 4) is 0 Å². The summed E-state index contributed by atoms with van der Waals surface area (Å²) in [5.74, 6) is -0.271. The fourth-order valence-corrected chi connectivity index (χ4v) is 2.82. The Morgan fingerprint density at radius 2 is 2.17 bits per heavy atom. The second kappa shape index (κ2) is 5.30. The summed E-state index contributed by atoms with van der Waals surface area (Å²) in [5.41, 5.74) is 5.26. The predicted octanol–water partition coefficient (Wildman–Crippen LogP) is 1.51. The highest BCUT2D eigenvalue weighted by atomic mass is 32.1. The highest BCUT2D eigenvalue weighted by Gasteiger charge is 2.25. The molecule has 2 rings (SSSR count). The molecule has 1 aliphatic carbocycles. The molecule has 1 fully saturated rings. The maximum Gasteiger partial charge on any atom is 0.345 e. The van der Waals surface area contributed by atoms with Gasteiger partial charge in [0.1, 0.15) is 6.20 Å². The second-order valence-electron chi connectivity index (χ2n) is 4.36. The van der Waals surface area contributed by atoms with E-state index in [1.807, 2.05) is 0 Å². The summed E-state index contributed by atoms with van der Waals surface area (Å²) in [4.78, 5) is 25.0. The number of nitro groups is 1. The fourth-order valence-electron chi connectivity index (χ4n) is 2.11. The van der Waals surface area contributed by atoms with Gasteiger partial charge in [-0.25, -0.2) is 4.98 Å². The molecule has 0 radical (unpaired) electrons. The minimum atomic E-state index is -0.452. The summed E-state index contributed by atoms with van der Waals surface area (Å²) in [6.07, 6.45) is 4.45. The molecule has 0 atom stereocenters. The van der Waals surface area contributed by atoms with Crippen LogP contribution in [0.25, 0.3) is 0 Å². The number of carbonyl (C=O) groups is 1. The first kappa shape index (κ1) is 12.7. The number of amides is 1. The Morgan fingerprint density at radius 1 is 1.50 bits per heavy atom. The Balaban J connectivity index is 1.87. The largest absolute Gasteiger partial charge is 0.369 e. The molecule has 1 aliphatic rings. The van der Waals surface area contributed by atoms with Crippen LogP contribution in [0, 0.1) is 16.0 Å². The Hall–Kier alpha value is -1.70. The zero-order valence-electron chi connectivity index (χ0n) is 9.67. The number of nitrogens with one attached hydrogen (secondary N) is 1. The Bertz CT molecular complexity index is 454. The van der Waals surface area contributed by atoms with Gasteiger partial charge in [0, 0.05) is 12.0 Å². The van der Waals surface area contributed by atoms with Gasteiger partial charge < -0.3 is 11.1 Å². The van der Waals surface area contributed by atoms with Gasteiger partial charge in [0.2, 0.25) is 5.91 Å². The van der Waals surface area contributed by atoms with E-state index < -0.39 is 4.92 Å². The molecule has 3 N–H and O–H groups in total. The van der Waals surface area contributed by atoms with Crippen molar-refractivity contribution in [1.29, 1.82) is 0 Å². The molecule has 0 spiro atoms. The van der Waals surface area contributed by atoms with Crippen LogP contribution in [0.15, 0.2) is 6.20 Å². The summed E-state index contributed by atoms with van der Waals surface area (Å²) in [7, 11) is 0. The van der Waals surface area contributed by atoms with Crippen LogP contribution in [-0.2, 0) is 4.79 Å². The number of primary amides is 1. The molecular formula is C10H14N4O3S. The topological polar surface area (TPSA) is 111 Å². The van der Waals surface area contributed by atoms with Gasteiger partial charge in [0.05, 0.1) is 4.92 Å². The zero-order valence-corrected chi connectivity index (χ0v) is 10.5. The van der Waals surface area contributed by atoms with Crippen LogP contribution in [0.5, 0.6) is 0 Å². The number of rotatable bonds is 4. The van der Waals surface area contributed by atoms with Crippen LogP contribution >= 0.6 is 11.3 Å². The Morgan fingerprint density at radius 3 is 2.67 bits per heavy atom. The number of anilines is 1. The molecule has 1 aromatic heterocycles. The normalized spacial score (nSPS) is 23.6. The molecule has 0 unspecified atom stereocenters. The van der Waals surface area contributed by atoms with Crippen LogP contribution in [0.4, 0.5) is 10.1 Å². The summed E-state index contributed by atoms with van der Waals surface area (Å²) < 4.78 is 0. The lowest BCUT2D eigenvalue weighted by Crippen LogP contribution is -2.32. The van der Waals surface area contributed by atoms with Gasteiger partial charge >= 0.3 is 5.00 Å². The molecule has 1 amide bonds. The third-order valence-corrected chi connectivity index (χ3v) is 4.01. The smallest absolute Gasteiger partial charge is 0.345 e. The minimum Gasteiger partial charge on any atom is -0.369 e. The first-order valence-electron chi connectivity index (χ1n) is 5.72. The van der Waals surface area contributed by atoms with E-state index in [1.54, 1.807) is 0 Å². The summed E-state index contributed by atoms with van der Waals surface area (Å²) in [6.45, 7) is 0. The number of nitrogens with zero attached hydrogens (tertiary/aromatic N) is 2. The first-order chi connectivity index (χ1) is 8.56. The highest BCUT2D eigenvalue weighted by Crippen LogP contribution is 2.30. The van der Waals surface area contributed by atoms with E-state index in [0.29, 0.717) is 5.13 Å². The molecule has 0 bridgehead atoms. The van der Waals surface area contributed by atoms with Crippen molar-refractivity contribution in [2.24, 2.45) is 11.7 Å². The van der Waals surface area contributed by atoms with Crippen LogP contribution in [-0.4, -0.2) is 21.9 Å². The number of nitrogens with two attached hydrogens (primary N) is 1. The van der Waals surface area contributed by atoms with E-state index in [0.717, 1.165) is 37.0 Å². The van der Waals surface area contributed by atoms with Crippen LogP contribution in [0.3, 0.4) is 0 Å². The second-order valence-corrected chi connectivity index (χ2v) is 5.37. The zero-order chi connectivity index (χ0) is 13.1. The van der Waals surface area contributed by atoms with E-state index in [2.05, 4.69) is 10.3 Å². The van der Waals surface area contributed by atoms with E-state index in [4.69, 9.17) is 5.73 Å². The Labute approximate surface area is 108 Å². The minimum absolute atomic E-state index is 0.0309. The third kappa shape index (κ3) is 2.95. The molecule has 8 heteroatoms. The molecule has 7 nitrogen and oxygen atoms in total. The van der Waals surface area contributed by atoms with Gasteiger partial charge in [0.25, 0.3) is 0 Å². The molecule has 98 valence electrons. The van der Waals surface area contributed by atoms with Crippen molar-refractivity contribution in [3.63, 3.8) is 0 Å². The molecule has 1 aromatic rings. The maximum atomic E-state index is 11.0. The summed E-state index contributed by atoms with van der Waals surface area (Å²) in [5, 5.41) is 14.3. The summed E-state index contributed by atoms with van der Waals surface area (Å²) >= 11 is 1.03. The van der Waals surface area contributed by atoms with Crippen molar-refractivity contribution in [2.75, 3.05) is 5.32 Å². The molecule has 1 heterocycles. The van der Waals surface area contributed by atoms with Crippen molar-refractivity contribution < 1.29 is 9.72 Å². The molecule has 18 heavy (non-hydrogen) atoms. The van der Waals surface area contributed by atoms with Gasteiger partial charge in [-0.05, 0) is 37.0 Å². The lowest BCUT2D eigenvalue weighted by molar-refractivity contribution is -0.380. The average Bonchev–Trinajstić information content (AvgIpc) is 2.78. The monoisotopic (exact) mass is 270 g/mol. The molecular weight excluding hydrogens is 256 g/mol. The van der Waals surface area contributed by atoms with Gasteiger partial charge in [-0.1, -0.05) is 0 Å². The predicted molar refractivity (Wildman–Crippen MR) is 67.3 cm³/mol. The number of carbonyl (C=O) groups excluding carboxylic acids is 1. The van der Waals surface area contributed by atoms with E-state index in [1.165, 1.54) is 6.20 Å². The van der Waals surface area contributed by atoms with Crippen LogP contribution in [0.1, 0.15) is 25.7 Å². The third-order valence-electron chi connectivity index (χ3n) is 3.13. The molecule has 0 aromatic carbocycles. The Kier molecular flexibility index (Phi) is 3.75. The number of aromatic nitrogens is 1. The van der Waals surface area contributed by atoms with Gasteiger partial charge in [-0.2, -0.15) is 0 Å². The maximum absolute atomic E-state index is 11.0. The molecule has 0 aliphatic heterocycles. The van der Waals surface area contributed by atoms with E-state index in [9.17, 15) is 14.9 Å². The van der Waals surface area contributed by atoms with Gasteiger partial charge in [-0.15, -0.1) is 0 Å². The van der Waals surface area contributed by atoms with Crippen molar-refractivity contribution in [2.45, 2.75) is 31.7 Å². The van der Waals surface area contributed by atoms with Gasteiger partial charge in [-0.3, -0.25) is 14.9 Å². The highest BCUT2D eigenvalue weighted by molar-refractivity contribution is 7.18. The summed E-state index contributed by atoms with van der Waals surface area (Å²) in [6, 6.07) is 0.214. The standard InChI is InChI=1S/C10H14N4O3S/c11-9(15)6-1-3-7(4-2-6)13-10-12-5-8(18-10)14(16)17/h5-7H,1-4H2,(H2,11,15)(H,12,13). The van der Waals surface area contributed by atoms with Crippen molar-refractivity contribution in [3.05, 3.63) is 16.3 Å². The quantitative estimate of drug-likeness (QED) is 0.636. The molecule has 1 saturated carbocycles. The first-order valence-corrected chi connectivity index (χ1v) is 6.54.